The third kappa shape index (κ3) is 5.04. The Balaban J connectivity index is 1.98. The van der Waals surface area contributed by atoms with Gasteiger partial charge in [0.2, 0.25) is 5.91 Å². The van der Waals surface area contributed by atoms with Gasteiger partial charge in [0.15, 0.2) is 11.5 Å². The van der Waals surface area contributed by atoms with Crippen LogP contribution in [-0.2, 0) is 11.0 Å². The smallest absolute Gasteiger partial charge is 0.353 e. The molecule has 0 radical (unpaired) electrons. The molecule has 166 valence electrons. The molecule has 2 aromatic heterocycles. The first kappa shape index (κ1) is 23.1. The lowest BCUT2D eigenvalue weighted by Gasteiger charge is -2.18. The fourth-order valence-corrected chi connectivity index (χ4v) is 4.23. The fraction of sp³-hybridized carbons (Fsp3) is 0.368. The van der Waals surface area contributed by atoms with Gasteiger partial charge in [-0.1, -0.05) is 11.6 Å². The Bertz CT molecular complexity index is 1050. The number of rotatable bonds is 5. The minimum absolute atomic E-state index is 0.0226. The Morgan fingerprint density at radius 2 is 2.06 bits per heavy atom. The molecule has 12 heteroatoms. The highest BCUT2D eigenvalue weighted by Crippen LogP contribution is 2.35. The van der Waals surface area contributed by atoms with Gasteiger partial charge >= 0.3 is 6.18 Å². The molecule has 31 heavy (non-hydrogen) atoms. The van der Waals surface area contributed by atoms with Crippen molar-refractivity contribution < 1.29 is 22.8 Å². The number of amides is 2. The quantitative estimate of drug-likeness (QED) is 0.689. The van der Waals surface area contributed by atoms with E-state index in [0.717, 1.165) is 4.68 Å². The second-order valence-corrected chi connectivity index (χ2v) is 8.73. The molecule has 2 N–H and O–H groups in total. The number of thioether (sulfide) groups is 1. The van der Waals surface area contributed by atoms with E-state index in [1.807, 2.05) is 13.8 Å². The normalized spacial score (nSPS) is 16.7. The third-order valence-electron chi connectivity index (χ3n) is 4.36. The van der Waals surface area contributed by atoms with Gasteiger partial charge in [0.1, 0.15) is 5.69 Å². The minimum atomic E-state index is -4.78. The van der Waals surface area contributed by atoms with Crippen LogP contribution in [0.3, 0.4) is 0 Å². The topological polar surface area (TPSA) is 88.9 Å². The number of allylic oxidation sites excluding steroid dienone is 1. The van der Waals surface area contributed by atoms with Crippen molar-refractivity contribution in [3.63, 3.8) is 0 Å². The van der Waals surface area contributed by atoms with E-state index >= 15 is 0 Å². The van der Waals surface area contributed by atoms with E-state index in [-0.39, 0.29) is 22.8 Å². The van der Waals surface area contributed by atoms with Crippen LogP contribution < -0.4 is 10.6 Å². The van der Waals surface area contributed by atoms with Crippen molar-refractivity contribution >= 4 is 35.2 Å². The molecule has 1 aliphatic rings. The van der Waals surface area contributed by atoms with Crippen molar-refractivity contribution in [3.05, 3.63) is 51.4 Å². The number of halogens is 4. The van der Waals surface area contributed by atoms with Crippen LogP contribution in [0.5, 0.6) is 0 Å². The standard InChI is InChI=1S/C19H19ClF3N5O2S/c1-9(2)25-17(29)11-8-31-10(3)15(11)26-18(30)13-7-14(19(21,22)23)27-28(13)16-12(20)5-4-6-24-16/h4-7,9,11H,8H2,1-3H3,(H,25,29)(H,26,30). The maximum atomic E-state index is 13.3. The second-order valence-electron chi connectivity index (χ2n) is 7.08. The maximum Gasteiger partial charge on any atom is 0.435 e. The van der Waals surface area contributed by atoms with E-state index in [9.17, 15) is 22.8 Å². The molecule has 1 aliphatic heterocycles. The van der Waals surface area contributed by atoms with Crippen LogP contribution in [0.4, 0.5) is 13.2 Å². The molecule has 0 saturated heterocycles. The zero-order valence-corrected chi connectivity index (χ0v) is 18.3. The number of nitrogens with zero attached hydrogens (tertiary/aromatic N) is 3. The van der Waals surface area contributed by atoms with Gasteiger partial charge in [0.05, 0.1) is 10.9 Å². The molecule has 1 atom stereocenters. The van der Waals surface area contributed by atoms with Gasteiger partial charge < -0.3 is 10.6 Å². The zero-order chi connectivity index (χ0) is 22.9. The number of carbonyl (C=O) groups is 2. The summed E-state index contributed by atoms with van der Waals surface area (Å²) in [6, 6.07) is 3.45. The van der Waals surface area contributed by atoms with E-state index in [2.05, 4.69) is 20.7 Å². The first-order chi connectivity index (χ1) is 14.5. The summed E-state index contributed by atoms with van der Waals surface area (Å²) in [5, 5.41) is 8.92. The van der Waals surface area contributed by atoms with Crippen molar-refractivity contribution in [2.45, 2.75) is 33.0 Å². The summed E-state index contributed by atoms with van der Waals surface area (Å²) in [5.74, 6) is -1.46. The zero-order valence-electron chi connectivity index (χ0n) is 16.7. The van der Waals surface area contributed by atoms with E-state index in [4.69, 9.17) is 11.6 Å². The lowest BCUT2D eigenvalue weighted by Crippen LogP contribution is -2.40. The van der Waals surface area contributed by atoms with Crippen LogP contribution in [0.15, 0.2) is 35.0 Å². The predicted octanol–water partition coefficient (Wildman–Crippen LogP) is 3.79. The summed E-state index contributed by atoms with van der Waals surface area (Å²) in [5.41, 5.74) is -1.32. The van der Waals surface area contributed by atoms with Gasteiger partial charge in [-0.15, -0.1) is 11.8 Å². The number of hydrogen-bond acceptors (Lipinski definition) is 5. The fourth-order valence-electron chi connectivity index (χ4n) is 2.94. The Morgan fingerprint density at radius 3 is 2.68 bits per heavy atom. The maximum absolute atomic E-state index is 13.3. The Labute approximate surface area is 185 Å². The van der Waals surface area contributed by atoms with E-state index < -0.39 is 29.4 Å². The van der Waals surface area contributed by atoms with Gasteiger partial charge in [-0.25, -0.2) is 9.67 Å². The van der Waals surface area contributed by atoms with E-state index in [1.165, 1.54) is 30.1 Å². The second kappa shape index (κ2) is 8.91. The summed E-state index contributed by atoms with van der Waals surface area (Å²) in [7, 11) is 0. The molecule has 1 unspecified atom stereocenters. The van der Waals surface area contributed by atoms with E-state index in [0.29, 0.717) is 22.4 Å². The molecular weight excluding hydrogens is 455 g/mol. The minimum Gasteiger partial charge on any atom is -0.353 e. The molecule has 0 spiro atoms. The van der Waals surface area contributed by atoms with Gasteiger partial charge in [-0.2, -0.15) is 18.3 Å². The van der Waals surface area contributed by atoms with E-state index in [1.54, 1.807) is 6.92 Å². The summed E-state index contributed by atoms with van der Waals surface area (Å²) in [4.78, 5) is 30.1. The molecule has 0 saturated carbocycles. The van der Waals surface area contributed by atoms with Gasteiger partial charge in [0.25, 0.3) is 5.91 Å². The van der Waals surface area contributed by atoms with Crippen LogP contribution in [0, 0.1) is 5.92 Å². The van der Waals surface area contributed by atoms with Crippen molar-refractivity contribution in [1.82, 2.24) is 25.4 Å². The molecule has 7 nitrogen and oxygen atoms in total. The molecule has 3 rings (SSSR count). The predicted molar refractivity (Wildman–Crippen MR) is 111 cm³/mol. The Morgan fingerprint density at radius 1 is 1.35 bits per heavy atom. The highest BCUT2D eigenvalue weighted by atomic mass is 35.5. The molecular formula is C19H19ClF3N5O2S. The monoisotopic (exact) mass is 473 g/mol. The SMILES string of the molecule is CC1=C(NC(=O)c2cc(C(F)(F)F)nn2-c2ncccc2Cl)C(C(=O)NC(C)C)CS1. The number of alkyl halides is 3. The van der Waals surface area contributed by atoms with Crippen LogP contribution in [-0.4, -0.2) is 38.4 Å². The van der Waals surface area contributed by atoms with Crippen LogP contribution in [0.1, 0.15) is 37.0 Å². The number of nitrogens with one attached hydrogen (secondary N) is 2. The molecule has 0 bridgehead atoms. The lowest BCUT2D eigenvalue weighted by molar-refractivity contribution is -0.141. The summed E-state index contributed by atoms with van der Waals surface area (Å²) in [6.07, 6.45) is -3.45. The van der Waals surface area contributed by atoms with Gasteiger partial charge in [-0.3, -0.25) is 9.59 Å². The summed E-state index contributed by atoms with van der Waals surface area (Å²) >= 11 is 7.45. The molecule has 2 aromatic rings. The van der Waals surface area contributed by atoms with Crippen molar-refractivity contribution in [2.24, 2.45) is 5.92 Å². The number of pyridine rings is 1. The molecule has 0 aromatic carbocycles. The summed E-state index contributed by atoms with van der Waals surface area (Å²) in [6.45, 7) is 5.35. The number of aromatic nitrogens is 3. The van der Waals surface area contributed by atoms with Crippen molar-refractivity contribution in [1.29, 1.82) is 0 Å². The largest absolute Gasteiger partial charge is 0.435 e. The molecule has 0 aliphatic carbocycles. The van der Waals surface area contributed by atoms with Gasteiger partial charge in [-0.05, 0) is 32.9 Å². The highest BCUT2D eigenvalue weighted by molar-refractivity contribution is 8.03. The van der Waals surface area contributed by atoms with Crippen LogP contribution >= 0.6 is 23.4 Å². The van der Waals surface area contributed by atoms with Crippen LogP contribution in [0.2, 0.25) is 5.02 Å². The Kier molecular flexibility index (Phi) is 6.65. The average Bonchev–Trinajstić information content (AvgIpc) is 3.26. The molecule has 3 heterocycles. The number of carbonyl (C=O) groups excluding carboxylic acids is 2. The third-order valence-corrected chi connectivity index (χ3v) is 5.81. The summed E-state index contributed by atoms with van der Waals surface area (Å²) < 4.78 is 40.6. The first-order valence-electron chi connectivity index (χ1n) is 9.22. The lowest BCUT2D eigenvalue weighted by atomic mass is 10.1. The van der Waals surface area contributed by atoms with Crippen LogP contribution in [0.25, 0.3) is 5.82 Å². The van der Waals surface area contributed by atoms with Gasteiger partial charge in [0, 0.05) is 34.7 Å². The van der Waals surface area contributed by atoms with Crippen molar-refractivity contribution in [3.8, 4) is 5.82 Å². The highest BCUT2D eigenvalue weighted by Gasteiger charge is 2.38. The first-order valence-corrected chi connectivity index (χ1v) is 10.6. The number of hydrogen-bond donors (Lipinski definition) is 2. The molecule has 2 amide bonds. The molecule has 0 fully saturated rings. The Hall–Kier alpha value is -2.53. The van der Waals surface area contributed by atoms with Crippen molar-refractivity contribution in [2.75, 3.05) is 5.75 Å². The average molecular weight is 474 g/mol.